The number of aromatic nitrogens is 2. The third-order valence-corrected chi connectivity index (χ3v) is 5.44. The van der Waals surface area contributed by atoms with Crippen molar-refractivity contribution in [3.05, 3.63) is 15.9 Å². The van der Waals surface area contributed by atoms with Gasteiger partial charge in [-0.2, -0.15) is 18.3 Å². The molecule has 2 rings (SSSR count). The van der Waals surface area contributed by atoms with Gasteiger partial charge in [0.1, 0.15) is 12.1 Å². The molecule has 0 spiro atoms. The van der Waals surface area contributed by atoms with E-state index in [9.17, 15) is 22.8 Å². The number of rotatable bonds is 4. The quantitative estimate of drug-likeness (QED) is 0.785. The Bertz CT molecular complexity index is 684. The molecule has 1 fully saturated rings. The average Bonchev–Trinajstić information content (AvgIpc) is 2.89. The molecule has 0 aliphatic carbocycles. The molecule has 0 aromatic carbocycles. The molecule has 2 atom stereocenters. The number of hydrogen-bond donors (Lipinski definition) is 1. The molecule has 0 radical (unpaired) electrons. The fourth-order valence-electron chi connectivity index (χ4n) is 2.95. The smallest absolute Gasteiger partial charge is 0.343 e. The van der Waals surface area contributed by atoms with Crippen molar-refractivity contribution in [1.29, 1.82) is 0 Å². The standard InChI is InChI=1S/C16H22BrF3N4O2/c1-9(15(26)23-7-5-4-6-8-23)21-14(25)11(3)24-10(2)12(17)13(22-24)16(18,19)20/h9,11H,4-8H2,1-3H3,(H,21,25). The van der Waals surface area contributed by atoms with Gasteiger partial charge in [0.15, 0.2) is 5.69 Å². The molecule has 0 bridgehead atoms. The zero-order valence-corrected chi connectivity index (χ0v) is 16.4. The first-order valence-corrected chi connectivity index (χ1v) is 9.24. The molecular formula is C16H22BrF3N4O2. The molecule has 2 amide bonds. The number of halogens is 4. The molecule has 146 valence electrons. The Labute approximate surface area is 158 Å². The second-order valence-corrected chi connectivity index (χ2v) is 7.28. The van der Waals surface area contributed by atoms with E-state index in [4.69, 9.17) is 0 Å². The Morgan fingerprint density at radius 2 is 1.77 bits per heavy atom. The van der Waals surface area contributed by atoms with Crippen LogP contribution in [0.1, 0.15) is 50.5 Å². The van der Waals surface area contributed by atoms with Crippen molar-refractivity contribution in [3.8, 4) is 0 Å². The number of amides is 2. The van der Waals surface area contributed by atoms with E-state index in [1.54, 1.807) is 11.8 Å². The van der Waals surface area contributed by atoms with Crippen molar-refractivity contribution < 1.29 is 22.8 Å². The molecule has 10 heteroatoms. The van der Waals surface area contributed by atoms with E-state index in [0.717, 1.165) is 23.9 Å². The van der Waals surface area contributed by atoms with Crippen molar-refractivity contribution in [3.63, 3.8) is 0 Å². The van der Waals surface area contributed by atoms with Gasteiger partial charge in [-0.05, 0) is 56.0 Å². The topological polar surface area (TPSA) is 67.2 Å². The minimum Gasteiger partial charge on any atom is -0.343 e. The third-order valence-electron chi connectivity index (χ3n) is 4.49. The molecule has 1 saturated heterocycles. The highest BCUT2D eigenvalue weighted by molar-refractivity contribution is 9.10. The predicted octanol–water partition coefficient (Wildman–Crippen LogP) is 3.05. The first kappa shape index (κ1) is 20.7. The van der Waals surface area contributed by atoms with Gasteiger partial charge in [-0.1, -0.05) is 0 Å². The van der Waals surface area contributed by atoms with Gasteiger partial charge in [0, 0.05) is 13.1 Å². The van der Waals surface area contributed by atoms with Gasteiger partial charge in [-0.3, -0.25) is 14.3 Å². The van der Waals surface area contributed by atoms with Crippen molar-refractivity contribution in [2.75, 3.05) is 13.1 Å². The maximum Gasteiger partial charge on any atom is 0.436 e. The van der Waals surface area contributed by atoms with E-state index in [2.05, 4.69) is 26.3 Å². The molecule has 2 heterocycles. The van der Waals surface area contributed by atoms with Gasteiger partial charge in [-0.25, -0.2) is 0 Å². The van der Waals surface area contributed by atoms with Crippen LogP contribution in [0.15, 0.2) is 4.47 Å². The summed E-state index contributed by atoms with van der Waals surface area (Å²) in [6, 6.07) is -1.73. The summed E-state index contributed by atoms with van der Waals surface area (Å²) in [6.45, 7) is 5.79. The van der Waals surface area contributed by atoms with Crippen LogP contribution in [0.5, 0.6) is 0 Å². The Kier molecular flexibility index (Phi) is 6.36. The lowest BCUT2D eigenvalue weighted by atomic mass is 10.1. The highest BCUT2D eigenvalue weighted by atomic mass is 79.9. The summed E-state index contributed by atoms with van der Waals surface area (Å²) in [7, 11) is 0. The molecule has 1 N–H and O–H groups in total. The lowest BCUT2D eigenvalue weighted by molar-refractivity contribution is -0.142. The molecule has 26 heavy (non-hydrogen) atoms. The van der Waals surface area contributed by atoms with Gasteiger partial charge in [0.25, 0.3) is 0 Å². The average molecular weight is 439 g/mol. The summed E-state index contributed by atoms with van der Waals surface area (Å²) >= 11 is 2.88. The van der Waals surface area contributed by atoms with Gasteiger partial charge < -0.3 is 10.2 Å². The zero-order chi connectivity index (χ0) is 19.6. The lowest BCUT2D eigenvalue weighted by Crippen LogP contribution is -2.49. The molecule has 1 aromatic rings. The van der Waals surface area contributed by atoms with Crippen molar-refractivity contribution in [1.82, 2.24) is 20.0 Å². The fourth-order valence-corrected chi connectivity index (χ4v) is 3.44. The van der Waals surface area contributed by atoms with Crippen LogP contribution in [-0.2, 0) is 15.8 Å². The van der Waals surface area contributed by atoms with Crippen LogP contribution >= 0.6 is 15.9 Å². The molecule has 1 aromatic heterocycles. The van der Waals surface area contributed by atoms with E-state index in [1.807, 2.05) is 0 Å². The van der Waals surface area contributed by atoms with Gasteiger partial charge in [0.05, 0.1) is 10.2 Å². The maximum atomic E-state index is 13.0. The van der Waals surface area contributed by atoms with Crippen molar-refractivity contribution >= 4 is 27.7 Å². The molecule has 1 aliphatic rings. The number of nitrogens with zero attached hydrogens (tertiary/aromatic N) is 3. The van der Waals surface area contributed by atoms with Crippen LogP contribution in [0.25, 0.3) is 0 Å². The molecule has 6 nitrogen and oxygen atoms in total. The largest absolute Gasteiger partial charge is 0.436 e. The minimum absolute atomic E-state index is 0.181. The molecule has 2 unspecified atom stereocenters. The Morgan fingerprint density at radius 1 is 1.19 bits per heavy atom. The molecule has 0 saturated carbocycles. The number of alkyl halides is 3. The third kappa shape index (κ3) is 4.39. The Balaban J connectivity index is 2.08. The van der Waals surface area contributed by atoms with Crippen LogP contribution in [-0.4, -0.2) is 45.6 Å². The number of carbonyl (C=O) groups excluding carboxylic acids is 2. The minimum atomic E-state index is -4.62. The highest BCUT2D eigenvalue weighted by Gasteiger charge is 2.39. The second-order valence-electron chi connectivity index (χ2n) is 6.48. The van der Waals surface area contributed by atoms with Gasteiger partial charge in [0.2, 0.25) is 11.8 Å². The summed E-state index contributed by atoms with van der Waals surface area (Å²) in [4.78, 5) is 26.5. The summed E-state index contributed by atoms with van der Waals surface area (Å²) in [5.41, 5.74) is -0.887. The van der Waals surface area contributed by atoms with Crippen LogP contribution in [0, 0.1) is 6.92 Å². The Hall–Kier alpha value is -1.58. The fraction of sp³-hybridized carbons (Fsp3) is 0.688. The lowest BCUT2D eigenvalue weighted by Gasteiger charge is -2.29. The summed E-state index contributed by atoms with van der Waals surface area (Å²) in [6.07, 6.45) is -1.67. The maximum absolute atomic E-state index is 13.0. The number of carbonyl (C=O) groups is 2. The highest BCUT2D eigenvalue weighted by Crippen LogP contribution is 2.36. The van der Waals surface area contributed by atoms with Crippen molar-refractivity contribution in [2.24, 2.45) is 0 Å². The number of nitrogens with one attached hydrogen (secondary N) is 1. The van der Waals surface area contributed by atoms with E-state index in [0.29, 0.717) is 13.1 Å². The van der Waals surface area contributed by atoms with Crippen LogP contribution < -0.4 is 5.32 Å². The predicted molar refractivity (Wildman–Crippen MR) is 92.4 cm³/mol. The van der Waals surface area contributed by atoms with E-state index in [-0.39, 0.29) is 16.1 Å². The number of likely N-dealkylation sites (tertiary alicyclic amines) is 1. The first-order valence-electron chi connectivity index (χ1n) is 8.45. The molecular weight excluding hydrogens is 417 g/mol. The van der Waals surface area contributed by atoms with Crippen molar-refractivity contribution in [2.45, 2.75) is 58.3 Å². The summed E-state index contributed by atoms with van der Waals surface area (Å²) in [5.74, 6) is -0.741. The van der Waals surface area contributed by atoms with E-state index in [1.165, 1.54) is 13.8 Å². The number of hydrogen-bond acceptors (Lipinski definition) is 3. The van der Waals surface area contributed by atoms with Gasteiger partial charge in [-0.15, -0.1) is 0 Å². The zero-order valence-electron chi connectivity index (χ0n) is 14.9. The number of piperidine rings is 1. The SMILES string of the molecule is Cc1c(Br)c(C(F)(F)F)nn1C(C)C(=O)NC(C)C(=O)N1CCCCC1. The van der Waals surface area contributed by atoms with Crippen LogP contribution in [0.2, 0.25) is 0 Å². The second kappa shape index (κ2) is 7.98. The summed E-state index contributed by atoms with van der Waals surface area (Å²) < 4.78 is 39.7. The van der Waals surface area contributed by atoms with Crippen LogP contribution in [0.3, 0.4) is 0 Å². The Morgan fingerprint density at radius 3 is 2.27 bits per heavy atom. The summed E-state index contributed by atoms with van der Waals surface area (Å²) in [5, 5.41) is 6.11. The first-order chi connectivity index (χ1) is 12.0. The van der Waals surface area contributed by atoms with Gasteiger partial charge >= 0.3 is 6.18 Å². The monoisotopic (exact) mass is 438 g/mol. The normalized spacial score (nSPS) is 17.7. The van der Waals surface area contributed by atoms with Crippen LogP contribution in [0.4, 0.5) is 13.2 Å². The van der Waals surface area contributed by atoms with E-state index < -0.39 is 29.9 Å². The molecule has 1 aliphatic heterocycles. The van der Waals surface area contributed by atoms with E-state index >= 15 is 0 Å².